The van der Waals surface area contributed by atoms with Crippen LogP contribution in [0.5, 0.6) is 0 Å². The van der Waals surface area contributed by atoms with Gasteiger partial charge in [0.25, 0.3) is 0 Å². The second-order valence-corrected chi connectivity index (χ2v) is 20.3. The molecule has 14 unspecified atom stereocenters. The van der Waals surface area contributed by atoms with E-state index in [1.807, 2.05) is 0 Å². The fourth-order valence-corrected chi connectivity index (χ4v) is 10.3. The van der Waals surface area contributed by atoms with E-state index in [1.165, 1.54) is 141 Å². The Bertz CT molecular complexity index is 1060. The molecule has 5 heterocycles. The average Bonchev–Trinajstić information content (AvgIpc) is 4.00. The molecule has 0 aromatic heterocycles. The molecule has 7 heteroatoms. The predicted octanol–water partition coefficient (Wildman–Crippen LogP) is 12.9. The Hall–Kier alpha value is -0.280. The lowest BCUT2D eigenvalue weighted by molar-refractivity contribution is 0.0486. The van der Waals surface area contributed by atoms with Gasteiger partial charge in [-0.3, -0.25) is 0 Å². The lowest BCUT2D eigenvalue weighted by Crippen LogP contribution is -2.24. The second-order valence-electron chi connectivity index (χ2n) is 20.3. The third kappa shape index (κ3) is 17.8. The van der Waals surface area contributed by atoms with Crippen molar-refractivity contribution in [1.82, 2.24) is 0 Å². The van der Waals surface area contributed by atoms with Crippen molar-refractivity contribution in [3.63, 3.8) is 0 Å². The molecule has 0 aromatic carbocycles. The number of fused-ring (bicyclic) bond motifs is 7. The smallest absolute Gasteiger partial charge is 0.181 e. The first-order valence-electron chi connectivity index (χ1n) is 25.7. The van der Waals surface area contributed by atoms with Crippen molar-refractivity contribution in [1.29, 1.82) is 0 Å². The third-order valence-electron chi connectivity index (χ3n) is 15.1. The highest BCUT2D eigenvalue weighted by Gasteiger charge is 2.62. The summed E-state index contributed by atoms with van der Waals surface area (Å²) in [5, 5.41) is 0. The minimum atomic E-state index is 0.154. The summed E-state index contributed by atoms with van der Waals surface area (Å²) in [6, 6.07) is 0. The maximum Gasteiger partial charge on any atom is 0.181 e. The van der Waals surface area contributed by atoms with Gasteiger partial charge in [0, 0.05) is 13.2 Å². The highest BCUT2D eigenvalue weighted by Crippen LogP contribution is 2.59. The van der Waals surface area contributed by atoms with E-state index < -0.39 is 0 Å². The summed E-state index contributed by atoms with van der Waals surface area (Å²) in [6.07, 6.45) is 35.7. The number of hydrogen-bond donors (Lipinski definition) is 0. The molecule has 5 saturated carbocycles. The lowest BCUT2D eigenvalue weighted by atomic mass is 9.76. The summed E-state index contributed by atoms with van der Waals surface area (Å²) in [5.74, 6) is 6.98. The first-order chi connectivity index (χ1) is 28.2. The summed E-state index contributed by atoms with van der Waals surface area (Å²) in [4.78, 5) is 0. The first kappa shape index (κ1) is 48.7. The van der Waals surface area contributed by atoms with E-state index in [1.54, 1.807) is 0 Å². The van der Waals surface area contributed by atoms with E-state index in [-0.39, 0.29) is 6.29 Å². The van der Waals surface area contributed by atoms with Gasteiger partial charge in [-0.05, 0) is 113 Å². The maximum absolute atomic E-state index is 5.69. The molecule has 0 aromatic rings. The van der Waals surface area contributed by atoms with E-state index in [4.69, 9.17) is 33.2 Å². The molecule has 14 atom stereocenters. The molecule has 7 nitrogen and oxygen atoms in total. The fourth-order valence-electron chi connectivity index (χ4n) is 10.3. The molecule has 5 aliphatic carbocycles. The molecule has 0 amide bonds. The van der Waals surface area contributed by atoms with E-state index in [0.29, 0.717) is 30.0 Å². The van der Waals surface area contributed by atoms with Crippen LogP contribution in [-0.2, 0) is 33.2 Å². The highest BCUT2D eigenvalue weighted by atomic mass is 16.8. The Kier molecular flexibility index (Phi) is 21.6. The highest BCUT2D eigenvalue weighted by molar-refractivity contribution is 5.10. The zero-order valence-corrected chi connectivity index (χ0v) is 39.2. The molecule has 5 aliphatic heterocycles. The summed E-state index contributed by atoms with van der Waals surface area (Å²) in [5.41, 5.74) is 0.309. The molecule has 2 bridgehead atoms. The maximum atomic E-state index is 5.69. The molecule has 58 heavy (non-hydrogen) atoms. The van der Waals surface area contributed by atoms with E-state index >= 15 is 0 Å². The van der Waals surface area contributed by atoms with Crippen LogP contribution < -0.4 is 0 Å². The molecule has 0 N–H and O–H groups in total. The van der Waals surface area contributed by atoms with Gasteiger partial charge >= 0.3 is 0 Å². The van der Waals surface area contributed by atoms with Crippen molar-refractivity contribution >= 4 is 0 Å². The van der Waals surface area contributed by atoms with Gasteiger partial charge in [0.15, 0.2) is 6.29 Å². The van der Waals surface area contributed by atoms with E-state index in [2.05, 4.69) is 55.4 Å². The average molecular weight is 819 g/mol. The Morgan fingerprint density at radius 3 is 1.97 bits per heavy atom. The lowest BCUT2D eigenvalue weighted by Gasteiger charge is -2.26. The molecular formula is C51H94O7. The predicted molar refractivity (Wildman–Crippen MR) is 237 cm³/mol. The first-order valence-corrected chi connectivity index (χ1v) is 25.7. The third-order valence-corrected chi connectivity index (χ3v) is 15.1. The molecule has 10 aliphatic rings. The largest absolute Gasteiger partial charge is 0.379 e. The number of hydrogen-bond acceptors (Lipinski definition) is 7. The molecule has 10 fully saturated rings. The number of rotatable bonds is 19. The van der Waals surface area contributed by atoms with E-state index in [9.17, 15) is 0 Å². The van der Waals surface area contributed by atoms with Gasteiger partial charge in [-0.1, -0.05) is 132 Å². The fraction of sp³-hybridized carbons (Fsp3) is 1.00. The van der Waals surface area contributed by atoms with Crippen LogP contribution >= 0.6 is 0 Å². The summed E-state index contributed by atoms with van der Waals surface area (Å²) < 4.78 is 37.0. The Labute approximate surface area is 358 Å². The van der Waals surface area contributed by atoms with Crippen molar-refractivity contribution in [3.05, 3.63) is 0 Å². The molecule has 5 saturated heterocycles. The van der Waals surface area contributed by atoms with E-state index in [0.717, 1.165) is 93.1 Å². The van der Waals surface area contributed by atoms with Crippen LogP contribution in [0.15, 0.2) is 0 Å². The van der Waals surface area contributed by atoms with Crippen LogP contribution in [-0.4, -0.2) is 81.5 Å². The van der Waals surface area contributed by atoms with Crippen LogP contribution in [0.25, 0.3) is 0 Å². The van der Waals surface area contributed by atoms with Crippen molar-refractivity contribution in [2.75, 3.05) is 33.0 Å². The van der Waals surface area contributed by atoms with Gasteiger partial charge in [-0.25, -0.2) is 0 Å². The van der Waals surface area contributed by atoms with Crippen molar-refractivity contribution in [2.24, 2.45) is 41.4 Å². The standard InChI is InChI=1S/C11H20O.C10H16O.C9H16O.C8H16.C7H14O2.C6H12O2/c1-4-8(2)9-5-6-11(3)10(7-9)12-11;1-2-3-6-4-7-5-8(6)10-9(7)11-10;1-2-3-7-4-5-8-9(6-7)10-8;1-2-3-4-5-8-6-7-8;1-2-3-4-8-5-7-6-9-7;1-2-3-4-7-6-5-8-6/h8-10H,4-7H2,1-3H3;6-10H,2-5H2,1H3;7-9H,2-6H2,1H3;8H,2-7H2,1H3;7H,2-6H2,1H3;6H,2-5H2,1H3. The van der Waals surface area contributed by atoms with Gasteiger partial charge in [0.2, 0.25) is 0 Å². The summed E-state index contributed by atoms with van der Waals surface area (Å²) in [6.45, 7) is 22.4. The Morgan fingerprint density at radius 2 is 1.38 bits per heavy atom. The zero-order chi connectivity index (χ0) is 41.3. The summed E-state index contributed by atoms with van der Waals surface area (Å²) >= 11 is 0. The zero-order valence-electron chi connectivity index (χ0n) is 39.2. The topological polar surface area (TPSA) is 81.1 Å². The SMILES string of the molecule is CCC(C)C1CCC2(C)OC2C1.CCCC1CC2CC1C1OC21.CCCC1CCC2OC2C1.CCCCCC1CC1.CCCCOC1CO1.CCCCOCC1CO1. The molecule has 0 radical (unpaired) electrons. The van der Waals surface area contributed by atoms with Crippen LogP contribution in [0, 0.1) is 41.4 Å². The van der Waals surface area contributed by atoms with Crippen molar-refractivity contribution < 1.29 is 33.2 Å². The van der Waals surface area contributed by atoms with Crippen LogP contribution in [0.4, 0.5) is 0 Å². The Balaban J connectivity index is 0.000000134. The number of ether oxygens (including phenoxy) is 7. The quantitative estimate of drug-likeness (QED) is 0.0948. The minimum Gasteiger partial charge on any atom is -0.379 e. The number of unbranched alkanes of at least 4 members (excludes halogenated alkanes) is 4. The van der Waals surface area contributed by atoms with Gasteiger partial charge in [0.1, 0.15) is 12.7 Å². The molecule has 10 rings (SSSR count). The number of epoxide rings is 5. The summed E-state index contributed by atoms with van der Waals surface area (Å²) in [7, 11) is 0. The van der Waals surface area contributed by atoms with Crippen LogP contribution in [0.1, 0.15) is 203 Å². The van der Waals surface area contributed by atoms with Gasteiger partial charge in [-0.15, -0.1) is 0 Å². The molecule has 0 spiro atoms. The monoisotopic (exact) mass is 819 g/mol. The van der Waals surface area contributed by atoms with Gasteiger partial charge in [-0.2, -0.15) is 0 Å². The Morgan fingerprint density at radius 1 is 0.655 bits per heavy atom. The molecular weight excluding hydrogens is 725 g/mol. The van der Waals surface area contributed by atoms with Crippen molar-refractivity contribution in [3.8, 4) is 0 Å². The second kappa shape index (κ2) is 25.7. The molecule has 340 valence electrons. The van der Waals surface area contributed by atoms with Crippen LogP contribution in [0.2, 0.25) is 0 Å². The van der Waals surface area contributed by atoms with Crippen LogP contribution in [0.3, 0.4) is 0 Å². The van der Waals surface area contributed by atoms with Gasteiger partial charge in [0.05, 0.1) is 49.3 Å². The normalized spacial score (nSPS) is 38.7. The minimum absolute atomic E-state index is 0.154. The van der Waals surface area contributed by atoms with Gasteiger partial charge < -0.3 is 33.2 Å². The van der Waals surface area contributed by atoms with Crippen molar-refractivity contribution in [2.45, 2.75) is 252 Å².